The molecule has 9 nitrogen and oxygen atoms in total. The van der Waals surface area contributed by atoms with Gasteiger partial charge in [0.15, 0.2) is 0 Å². The summed E-state index contributed by atoms with van der Waals surface area (Å²) in [6, 6.07) is 0. The lowest BCUT2D eigenvalue weighted by Gasteiger charge is -2.34. The van der Waals surface area contributed by atoms with Gasteiger partial charge in [0.25, 0.3) is 0 Å². The van der Waals surface area contributed by atoms with Gasteiger partial charge in [0.2, 0.25) is 0 Å². The Morgan fingerprint density at radius 2 is 1.12 bits per heavy atom. The monoisotopic (exact) mass is 389 g/mol. The van der Waals surface area contributed by atoms with E-state index in [9.17, 15) is 14.4 Å². The van der Waals surface area contributed by atoms with Crippen LogP contribution in [0, 0.1) is 0 Å². The van der Waals surface area contributed by atoms with E-state index in [4.69, 9.17) is 13.3 Å². The van der Waals surface area contributed by atoms with Gasteiger partial charge in [-0.15, -0.1) is 0 Å². The zero-order valence-electron chi connectivity index (χ0n) is 16.6. The van der Waals surface area contributed by atoms with Crippen LogP contribution in [0.15, 0.2) is 14.4 Å². The van der Waals surface area contributed by atoms with Crippen LogP contribution < -0.4 is 17.1 Å². The minimum atomic E-state index is -3.39. The highest BCUT2D eigenvalue weighted by Crippen LogP contribution is 2.24. The normalized spacial score (nSPS) is 13.2. The molecule has 1 unspecified atom stereocenters. The Kier molecular flexibility index (Phi) is 8.67. The summed E-state index contributed by atoms with van der Waals surface area (Å²) >= 11 is 0. The van der Waals surface area contributed by atoms with Crippen LogP contribution in [-0.4, -0.2) is 42.3 Å². The Morgan fingerprint density at radius 3 is 1.42 bits per heavy atom. The minimum absolute atomic E-state index is 0.394. The first-order valence-electron chi connectivity index (χ1n) is 9.07. The number of hydrogen-bond acceptors (Lipinski definition) is 6. The first kappa shape index (κ1) is 22.5. The molecule has 26 heavy (non-hydrogen) atoms. The van der Waals surface area contributed by atoms with Crippen LogP contribution in [0.4, 0.5) is 0 Å². The average molecular weight is 390 g/mol. The van der Waals surface area contributed by atoms with Crippen molar-refractivity contribution in [2.45, 2.75) is 52.6 Å². The average Bonchev–Trinajstić information content (AvgIpc) is 2.64. The van der Waals surface area contributed by atoms with Crippen LogP contribution in [0.25, 0.3) is 0 Å². The highest BCUT2D eigenvalue weighted by Gasteiger charge is 2.50. The molecule has 0 amide bonds. The van der Waals surface area contributed by atoms with E-state index in [2.05, 4.69) is 0 Å². The van der Waals surface area contributed by atoms with Crippen LogP contribution in [0.1, 0.15) is 52.6 Å². The summed E-state index contributed by atoms with van der Waals surface area (Å²) in [6.45, 7) is 8.74. The Balaban J connectivity index is 3.57. The second-order valence-electron chi connectivity index (χ2n) is 6.16. The maximum atomic E-state index is 12.6. The van der Waals surface area contributed by atoms with E-state index < -0.39 is 31.5 Å². The van der Waals surface area contributed by atoms with Gasteiger partial charge < -0.3 is 13.3 Å². The summed E-state index contributed by atoms with van der Waals surface area (Å²) in [6.07, 6.45) is 2.23. The molecular weight excluding hydrogens is 358 g/mol. The maximum absolute atomic E-state index is 12.6. The van der Waals surface area contributed by atoms with Crippen molar-refractivity contribution in [1.82, 2.24) is 13.7 Å². The molecule has 0 aliphatic rings. The SMILES string of the molecule is CCCO[Si](OCCC)(OCCC)C(C)n1c(=O)n(C)c(=O)n(C)c1=O. The zero-order valence-corrected chi connectivity index (χ0v) is 17.6. The van der Waals surface area contributed by atoms with Gasteiger partial charge in [0.1, 0.15) is 5.67 Å². The van der Waals surface area contributed by atoms with Gasteiger partial charge >= 0.3 is 25.9 Å². The van der Waals surface area contributed by atoms with Gasteiger partial charge in [-0.05, 0) is 26.2 Å². The quantitative estimate of drug-likeness (QED) is 0.514. The summed E-state index contributed by atoms with van der Waals surface area (Å²) in [5.74, 6) is 0. The van der Waals surface area contributed by atoms with E-state index in [0.717, 1.165) is 33.0 Å². The predicted molar refractivity (Wildman–Crippen MR) is 100 cm³/mol. The van der Waals surface area contributed by atoms with E-state index in [0.29, 0.717) is 19.8 Å². The highest BCUT2D eigenvalue weighted by atomic mass is 28.4. The summed E-state index contributed by atoms with van der Waals surface area (Å²) < 4.78 is 20.9. The Bertz CT molecular complexity index is 692. The third kappa shape index (κ3) is 4.61. The van der Waals surface area contributed by atoms with Gasteiger partial charge in [-0.3, -0.25) is 0 Å². The summed E-state index contributed by atoms with van der Waals surface area (Å²) in [5, 5.41) is 0. The van der Waals surface area contributed by atoms with Gasteiger partial charge in [-0.1, -0.05) is 20.8 Å². The molecule has 0 radical (unpaired) electrons. The molecule has 0 N–H and O–H groups in total. The molecule has 0 fully saturated rings. The van der Waals surface area contributed by atoms with Crippen LogP contribution in [0.3, 0.4) is 0 Å². The largest absolute Gasteiger partial charge is 0.525 e. The Morgan fingerprint density at radius 1 is 0.769 bits per heavy atom. The molecular formula is C16H31N3O6Si. The van der Waals surface area contributed by atoms with Gasteiger partial charge in [0, 0.05) is 33.9 Å². The molecule has 0 aliphatic carbocycles. The molecule has 10 heteroatoms. The fourth-order valence-corrected chi connectivity index (χ4v) is 5.48. The van der Waals surface area contributed by atoms with Gasteiger partial charge in [0.05, 0.1) is 0 Å². The smallest absolute Gasteiger partial charge is 0.372 e. The zero-order chi connectivity index (χ0) is 19.9. The summed E-state index contributed by atoms with van der Waals surface area (Å²) in [5.41, 5.74) is -2.84. The van der Waals surface area contributed by atoms with E-state index >= 15 is 0 Å². The van der Waals surface area contributed by atoms with Crippen LogP contribution in [-0.2, 0) is 27.4 Å². The van der Waals surface area contributed by atoms with Crippen molar-refractivity contribution in [1.29, 1.82) is 0 Å². The molecule has 0 aromatic carbocycles. The second-order valence-corrected chi connectivity index (χ2v) is 9.07. The third-order valence-electron chi connectivity index (χ3n) is 3.98. The molecule has 150 valence electrons. The highest BCUT2D eigenvalue weighted by molar-refractivity contribution is 6.61. The number of nitrogens with zero attached hydrogens (tertiary/aromatic N) is 3. The molecule has 1 atom stereocenters. The fourth-order valence-electron chi connectivity index (χ4n) is 2.50. The van der Waals surface area contributed by atoms with Gasteiger partial charge in [-0.2, -0.15) is 0 Å². The minimum Gasteiger partial charge on any atom is -0.372 e. The molecule has 0 aliphatic heterocycles. The van der Waals surface area contributed by atoms with Crippen molar-refractivity contribution in [3.8, 4) is 0 Å². The fraction of sp³-hybridized carbons (Fsp3) is 0.812. The molecule has 0 saturated carbocycles. The molecule has 1 aromatic rings. The van der Waals surface area contributed by atoms with Crippen molar-refractivity contribution in [2.75, 3.05) is 19.8 Å². The van der Waals surface area contributed by atoms with Crippen molar-refractivity contribution in [3.63, 3.8) is 0 Å². The molecule has 1 rings (SSSR count). The standard InChI is InChI=1S/C16H31N3O6Si/c1-7-10-23-26(24-11-8-2,25-12-9-3)13(4)19-15(21)17(5)14(20)18(6)16(19)22/h13H,7-12H2,1-6H3. The van der Waals surface area contributed by atoms with Crippen LogP contribution in [0.2, 0.25) is 0 Å². The topological polar surface area (TPSA) is 93.7 Å². The lowest BCUT2D eigenvalue weighted by Crippen LogP contribution is -2.61. The Labute approximate surface area is 154 Å². The van der Waals surface area contributed by atoms with Gasteiger partial charge in [-0.25, -0.2) is 28.1 Å². The lowest BCUT2D eigenvalue weighted by atomic mass is 10.5. The number of rotatable bonds is 11. The maximum Gasteiger partial charge on any atom is 0.525 e. The van der Waals surface area contributed by atoms with Crippen molar-refractivity contribution in [3.05, 3.63) is 31.5 Å². The van der Waals surface area contributed by atoms with Crippen molar-refractivity contribution in [2.24, 2.45) is 14.1 Å². The van der Waals surface area contributed by atoms with E-state index in [1.165, 1.54) is 14.1 Å². The van der Waals surface area contributed by atoms with E-state index in [-0.39, 0.29) is 0 Å². The predicted octanol–water partition coefficient (Wildman–Crippen LogP) is 0.565. The summed E-state index contributed by atoms with van der Waals surface area (Å²) in [4.78, 5) is 37.3. The van der Waals surface area contributed by atoms with Crippen LogP contribution in [0.5, 0.6) is 0 Å². The Hall–Kier alpha value is -1.49. The molecule has 1 aromatic heterocycles. The lowest BCUT2D eigenvalue weighted by molar-refractivity contribution is 0.0429. The first-order chi connectivity index (χ1) is 12.3. The first-order valence-corrected chi connectivity index (χ1v) is 10.9. The number of aromatic nitrogens is 3. The van der Waals surface area contributed by atoms with Crippen LogP contribution >= 0.6 is 0 Å². The number of hydrogen-bond donors (Lipinski definition) is 0. The molecule has 1 heterocycles. The molecule has 0 bridgehead atoms. The third-order valence-corrected chi connectivity index (χ3v) is 7.08. The summed E-state index contributed by atoms with van der Waals surface area (Å²) in [7, 11) is -0.721. The molecule has 0 spiro atoms. The van der Waals surface area contributed by atoms with Crippen molar-refractivity contribution < 1.29 is 13.3 Å². The van der Waals surface area contributed by atoms with Crippen molar-refractivity contribution >= 4 is 8.80 Å². The molecule has 0 saturated heterocycles. The van der Waals surface area contributed by atoms with E-state index in [1.807, 2.05) is 20.8 Å². The van der Waals surface area contributed by atoms with E-state index in [1.54, 1.807) is 6.92 Å². The second kappa shape index (κ2) is 10.0.